The maximum Gasteiger partial charge on any atom is 0.326 e. The van der Waals surface area contributed by atoms with Crippen molar-refractivity contribution in [2.24, 2.45) is 5.92 Å². The topological polar surface area (TPSA) is 72.9 Å². The lowest BCUT2D eigenvalue weighted by molar-refractivity contribution is -0.141. The summed E-state index contributed by atoms with van der Waals surface area (Å²) in [5.74, 6) is -0.400. The Labute approximate surface area is 113 Å². The molecule has 19 heavy (non-hydrogen) atoms. The Hall–Kier alpha value is -1.30. The van der Waals surface area contributed by atoms with Crippen LogP contribution in [0.2, 0.25) is 0 Å². The number of hydrogen-bond acceptors (Lipinski definition) is 3. The van der Waals surface area contributed by atoms with E-state index in [1.165, 1.54) is 4.90 Å². The van der Waals surface area contributed by atoms with E-state index in [1.54, 1.807) is 0 Å². The fourth-order valence-corrected chi connectivity index (χ4v) is 3.13. The molecular formula is C13H23N3O3. The molecule has 6 heteroatoms. The summed E-state index contributed by atoms with van der Waals surface area (Å²) in [6.07, 6.45) is 3.50. The summed E-state index contributed by atoms with van der Waals surface area (Å²) in [4.78, 5) is 26.9. The van der Waals surface area contributed by atoms with Gasteiger partial charge in [-0.2, -0.15) is 0 Å². The first-order valence-electron chi connectivity index (χ1n) is 7.06. The van der Waals surface area contributed by atoms with E-state index < -0.39 is 12.0 Å². The highest BCUT2D eigenvalue weighted by molar-refractivity contribution is 5.83. The van der Waals surface area contributed by atoms with E-state index in [-0.39, 0.29) is 6.03 Å². The molecule has 2 atom stereocenters. The van der Waals surface area contributed by atoms with E-state index in [4.69, 9.17) is 5.11 Å². The lowest BCUT2D eigenvalue weighted by atomic mass is 9.98. The van der Waals surface area contributed by atoms with E-state index in [0.717, 1.165) is 38.9 Å². The van der Waals surface area contributed by atoms with Crippen molar-refractivity contribution in [3.63, 3.8) is 0 Å². The minimum Gasteiger partial charge on any atom is -0.480 e. The number of carbonyl (C=O) groups excluding carboxylic acids is 1. The highest BCUT2D eigenvalue weighted by Gasteiger charge is 2.37. The minimum atomic E-state index is -0.880. The molecule has 0 saturated carbocycles. The van der Waals surface area contributed by atoms with Gasteiger partial charge in [-0.15, -0.1) is 0 Å². The smallest absolute Gasteiger partial charge is 0.326 e. The Bertz CT molecular complexity index is 346. The lowest BCUT2D eigenvalue weighted by Gasteiger charge is -2.36. The average molecular weight is 269 g/mol. The molecule has 2 N–H and O–H groups in total. The van der Waals surface area contributed by atoms with Crippen molar-refractivity contribution in [2.75, 3.05) is 33.2 Å². The molecule has 2 unspecified atom stereocenters. The van der Waals surface area contributed by atoms with Gasteiger partial charge in [0.1, 0.15) is 6.04 Å². The number of rotatable bonds is 3. The summed E-state index contributed by atoms with van der Waals surface area (Å²) >= 11 is 0. The van der Waals surface area contributed by atoms with Crippen LogP contribution in [0.1, 0.15) is 25.7 Å². The summed E-state index contributed by atoms with van der Waals surface area (Å²) in [5.41, 5.74) is 0. The van der Waals surface area contributed by atoms with Crippen molar-refractivity contribution in [1.82, 2.24) is 15.1 Å². The van der Waals surface area contributed by atoms with Crippen molar-refractivity contribution in [1.29, 1.82) is 0 Å². The van der Waals surface area contributed by atoms with Gasteiger partial charge in [0.15, 0.2) is 0 Å². The van der Waals surface area contributed by atoms with Gasteiger partial charge in [0, 0.05) is 19.6 Å². The first-order chi connectivity index (χ1) is 9.13. The predicted molar refractivity (Wildman–Crippen MR) is 71.0 cm³/mol. The van der Waals surface area contributed by atoms with E-state index in [2.05, 4.69) is 5.32 Å². The van der Waals surface area contributed by atoms with Gasteiger partial charge >= 0.3 is 12.0 Å². The molecule has 0 spiro atoms. The Morgan fingerprint density at radius 1 is 1.26 bits per heavy atom. The molecule has 0 aromatic carbocycles. The number of carboxylic acid groups (broad SMARTS) is 1. The summed E-state index contributed by atoms with van der Waals surface area (Å²) in [5, 5.41) is 12.3. The largest absolute Gasteiger partial charge is 0.480 e. The fourth-order valence-electron chi connectivity index (χ4n) is 3.13. The second kappa shape index (κ2) is 6.23. The first kappa shape index (κ1) is 14.1. The number of piperidine rings is 1. The lowest BCUT2D eigenvalue weighted by Crippen LogP contribution is -2.51. The summed E-state index contributed by atoms with van der Waals surface area (Å²) in [6, 6.07) is -0.720. The predicted octanol–water partition coefficient (Wildman–Crippen LogP) is 0.587. The standard InChI is InChI=1S/C13H23N3O3/c1-14-8-10-4-2-6-15(9-10)13(19)16-7-3-5-11(16)12(17)18/h10-11,14H,2-9H2,1H3,(H,17,18). The van der Waals surface area contributed by atoms with E-state index in [1.807, 2.05) is 11.9 Å². The van der Waals surface area contributed by atoms with Crippen molar-refractivity contribution in [3.8, 4) is 0 Å². The van der Waals surface area contributed by atoms with Gasteiger partial charge < -0.3 is 20.2 Å². The van der Waals surface area contributed by atoms with Gasteiger partial charge in [0.2, 0.25) is 0 Å². The fraction of sp³-hybridized carbons (Fsp3) is 0.846. The Morgan fingerprint density at radius 3 is 2.68 bits per heavy atom. The number of aliphatic carboxylic acids is 1. The van der Waals surface area contributed by atoms with Crippen LogP contribution in [0.5, 0.6) is 0 Å². The van der Waals surface area contributed by atoms with Crippen LogP contribution in [0.15, 0.2) is 0 Å². The number of nitrogens with one attached hydrogen (secondary N) is 1. The molecule has 2 aliphatic rings. The summed E-state index contributed by atoms with van der Waals surface area (Å²) in [7, 11) is 1.92. The van der Waals surface area contributed by atoms with Crippen LogP contribution in [-0.4, -0.2) is 66.2 Å². The molecule has 0 aromatic heterocycles. The minimum absolute atomic E-state index is 0.0919. The number of urea groups is 1. The molecule has 0 radical (unpaired) electrons. The third-order valence-corrected chi connectivity index (χ3v) is 4.07. The van der Waals surface area contributed by atoms with Crippen LogP contribution in [0.25, 0.3) is 0 Å². The average Bonchev–Trinajstić information content (AvgIpc) is 2.88. The zero-order valence-corrected chi connectivity index (χ0v) is 11.5. The summed E-state index contributed by atoms with van der Waals surface area (Å²) in [6.45, 7) is 2.97. The van der Waals surface area contributed by atoms with E-state index in [0.29, 0.717) is 18.9 Å². The third-order valence-electron chi connectivity index (χ3n) is 4.07. The molecule has 2 fully saturated rings. The Morgan fingerprint density at radius 2 is 2.00 bits per heavy atom. The molecule has 0 bridgehead atoms. The zero-order chi connectivity index (χ0) is 13.8. The van der Waals surface area contributed by atoms with Gasteiger partial charge in [-0.3, -0.25) is 0 Å². The van der Waals surface area contributed by atoms with Gasteiger partial charge in [0.25, 0.3) is 0 Å². The highest BCUT2D eigenvalue weighted by Crippen LogP contribution is 2.22. The quantitative estimate of drug-likeness (QED) is 0.786. The maximum atomic E-state index is 12.4. The number of likely N-dealkylation sites (tertiary alicyclic amines) is 2. The van der Waals surface area contributed by atoms with Crippen LogP contribution < -0.4 is 5.32 Å². The molecule has 0 aliphatic carbocycles. The van der Waals surface area contributed by atoms with E-state index in [9.17, 15) is 9.59 Å². The molecule has 2 aliphatic heterocycles. The van der Waals surface area contributed by atoms with Crippen LogP contribution in [-0.2, 0) is 4.79 Å². The Balaban J connectivity index is 1.96. The second-order valence-electron chi connectivity index (χ2n) is 5.48. The molecule has 6 nitrogen and oxygen atoms in total. The number of carbonyl (C=O) groups is 2. The van der Waals surface area contributed by atoms with Crippen molar-refractivity contribution < 1.29 is 14.7 Å². The van der Waals surface area contributed by atoms with Crippen LogP contribution >= 0.6 is 0 Å². The van der Waals surface area contributed by atoms with Crippen LogP contribution in [0.4, 0.5) is 4.79 Å². The molecule has 108 valence electrons. The van der Waals surface area contributed by atoms with Gasteiger partial charge in [0.05, 0.1) is 0 Å². The maximum absolute atomic E-state index is 12.4. The monoisotopic (exact) mass is 269 g/mol. The third kappa shape index (κ3) is 3.18. The van der Waals surface area contributed by atoms with Gasteiger partial charge in [-0.05, 0) is 45.2 Å². The number of amides is 2. The van der Waals surface area contributed by atoms with Crippen molar-refractivity contribution in [2.45, 2.75) is 31.7 Å². The first-order valence-corrected chi connectivity index (χ1v) is 7.06. The van der Waals surface area contributed by atoms with Gasteiger partial charge in [-0.1, -0.05) is 0 Å². The number of hydrogen-bond donors (Lipinski definition) is 2. The zero-order valence-electron chi connectivity index (χ0n) is 11.5. The molecule has 2 heterocycles. The molecule has 0 aromatic rings. The number of nitrogens with zero attached hydrogens (tertiary/aromatic N) is 2. The molecule has 2 rings (SSSR count). The molecule has 2 amide bonds. The van der Waals surface area contributed by atoms with Gasteiger partial charge in [-0.25, -0.2) is 9.59 Å². The summed E-state index contributed by atoms with van der Waals surface area (Å²) < 4.78 is 0. The number of carboxylic acids is 1. The highest BCUT2D eigenvalue weighted by atomic mass is 16.4. The Kier molecular flexibility index (Phi) is 4.63. The normalized spacial score (nSPS) is 27.6. The van der Waals surface area contributed by atoms with Crippen molar-refractivity contribution in [3.05, 3.63) is 0 Å². The molecule has 2 saturated heterocycles. The van der Waals surface area contributed by atoms with Crippen LogP contribution in [0, 0.1) is 5.92 Å². The van der Waals surface area contributed by atoms with E-state index >= 15 is 0 Å². The molecular weight excluding hydrogens is 246 g/mol. The SMILES string of the molecule is CNCC1CCCN(C(=O)N2CCCC2C(=O)O)C1. The second-order valence-corrected chi connectivity index (χ2v) is 5.48. The van der Waals surface area contributed by atoms with Crippen LogP contribution in [0.3, 0.4) is 0 Å². The van der Waals surface area contributed by atoms with Crippen molar-refractivity contribution >= 4 is 12.0 Å².